The van der Waals surface area contributed by atoms with Crippen molar-refractivity contribution >= 4 is 28.9 Å². The van der Waals surface area contributed by atoms with E-state index in [1.54, 1.807) is 6.07 Å². The van der Waals surface area contributed by atoms with Crippen LogP contribution >= 0.6 is 0 Å². The Morgan fingerprint density at radius 2 is 1.36 bits per heavy atom. The Labute approximate surface area is 187 Å². The second-order valence-electron chi connectivity index (χ2n) is 6.74. The van der Waals surface area contributed by atoms with Gasteiger partial charge in [-0.25, -0.2) is 0 Å². The molecule has 10 nitrogen and oxygen atoms in total. The van der Waals surface area contributed by atoms with E-state index in [-0.39, 0.29) is 45.3 Å². The van der Waals surface area contributed by atoms with Crippen molar-refractivity contribution < 1.29 is 42.5 Å². The third-order valence-electron chi connectivity index (χ3n) is 4.38. The molecule has 1 aromatic heterocycles. The highest BCUT2D eigenvalue weighted by Crippen LogP contribution is 2.43. The van der Waals surface area contributed by atoms with Gasteiger partial charge in [-0.3, -0.25) is 19.2 Å². The Kier molecular flexibility index (Phi) is 6.67. The van der Waals surface area contributed by atoms with Crippen LogP contribution in [0.15, 0.2) is 39.7 Å². The third kappa shape index (κ3) is 4.79. The quantitative estimate of drug-likeness (QED) is 0.403. The number of hydrogen-bond donors (Lipinski definition) is 0. The molecule has 0 N–H and O–H groups in total. The van der Waals surface area contributed by atoms with Gasteiger partial charge in [-0.1, -0.05) is 6.07 Å². The first-order valence-electron chi connectivity index (χ1n) is 9.56. The molecule has 0 aliphatic carbocycles. The maximum Gasteiger partial charge on any atom is 0.308 e. The minimum Gasteiger partial charge on any atom is -0.493 e. The predicted octanol–water partition coefficient (Wildman–Crippen LogP) is 3.25. The fourth-order valence-corrected chi connectivity index (χ4v) is 3.12. The SMILES string of the molecule is COc1ccc(-c2coc3cc(OC)c(OC(C)=O)c(OC(C)=O)c3c2=O)cc1OC(C)=O. The van der Waals surface area contributed by atoms with Gasteiger partial charge in [-0.15, -0.1) is 0 Å². The minimum atomic E-state index is -0.760. The van der Waals surface area contributed by atoms with Crippen molar-refractivity contribution in [2.24, 2.45) is 0 Å². The molecule has 0 fully saturated rings. The molecule has 0 atom stereocenters. The molecule has 3 rings (SSSR count). The van der Waals surface area contributed by atoms with E-state index in [1.165, 1.54) is 45.6 Å². The second kappa shape index (κ2) is 9.43. The first-order valence-corrected chi connectivity index (χ1v) is 9.56. The number of methoxy groups -OCH3 is 2. The zero-order valence-electron chi connectivity index (χ0n) is 18.5. The van der Waals surface area contributed by atoms with Crippen LogP contribution in [0.1, 0.15) is 20.8 Å². The van der Waals surface area contributed by atoms with Gasteiger partial charge < -0.3 is 28.1 Å². The van der Waals surface area contributed by atoms with E-state index in [4.69, 9.17) is 28.1 Å². The highest BCUT2D eigenvalue weighted by atomic mass is 16.6. The third-order valence-corrected chi connectivity index (χ3v) is 4.38. The van der Waals surface area contributed by atoms with Gasteiger partial charge in [0.05, 0.1) is 19.8 Å². The van der Waals surface area contributed by atoms with Crippen LogP contribution in [-0.2, 0) is 14.4 Å². The van der Waals surface area contributed by atoms with Gasteiger partial charge in [0.15, 0.2) is 23.0 Å². The van der Waals surface area contributed by atoms with Crippen LogP contribution in [0, 0.1) is 0 Å². The predicted molar refractivity (Wildman–Crippen MR) is 115 cm³/mol. The highest BCUT2D eigenvalue weighted by molar-refractivity contribution is 5.94. The number of hydrogen-bond acceptors (Lipinski definition) is 10. The molecule has 0 aliphatic rings. The summed E-state index contributed by atoms with van der Waals surface area (Å²) in [6.45, 7) is 3.50. The van der Waals surface area contributed by atoms with Gasteiger partial charge in [0.1, 0.15) is 17.2 Å². The molecule has 0 unspecified atom stereocenters. The lowest BCUT2D eigenvalue weighted by Crippen LogP contribution is -2.13. The second-order valence-corrected chi connectivity index (χ2v) is 6.74. The minimum absolute atomic E-state index is 0.0199. The van der Waals surface area contributed by atoms with Crippen molar-refractivity contribution in [2.45, 2.75) is 20.8 Å². The summed E-state index contributed by atoms with van der Waals surface area (Å²) in [6.07, 6.45) is 1.20. The number of ether oxygens (including phenoxy) is 5. The zero-order valence-corrected chi connectivity index (χ0v) is 18.5. The van der Waals surface area contributed by atoms with E-state index in [1.807, 2.05) is 0 Å². The van der Waals surface area contributed by atoms with E-state index in [0.29, 0.717) is 5.56 Å². The van der Waals surface area contributed by atoms with Crippen molar-refractivity contribution in [3.05, 3.63) is 40.8 Å². The standard InChI is InChI=1S/C23H20O10/c1-11(24)31-17-8-14(6-7-16(17)28-4)15-10-30-18-9-19(29-5)22(32-12(2)25)23(33-13(3)26)20(18)21(15)27/h6-10H,1-5H3. The number of benzene rings is 2. The summed E-state index contributed by atoms with van der Waals surface area (Å²) >= 11 is 0. The highest BCUT2D eigenvalue weighted by Gasteiger charge is 2.25. The fraction of sp³-hybridized carbons (Fsp3) is 0.217. The molecule has 2 aromatic carbocycles. The van der Waals surface area contributed by atoms with Crippen LogP contribution in [0.3, 0.4) is 0 Å². The van der Waals surface area contributed by atoms with E-state index in [9.17, 15) is 19.2 Å². The molecule has 0 amide bonds. The average Bonchev–Trinajstić information content (AvgIpc) is 2.74. The van der Waals surface area contributed by atoms with E-state index < -0.39 is 23.3 Å². The molecular weight excluding hydrogens is 436 g/mol. The number of esters is 3. The molecular formula is C23H20O10. The van der Waals surface area contributed by atoms with Gasteiger partial charge in [0.2, 0.25) is 11.2 Å². The summed E-state index contributed by atoms with van der Waals surface area (Å²) in [6, 6.07) is 5.85. The molecule has 0 radical (unpaired) electrons. The van der Waals surface area contributed by atoms with E-state index in [2.05, 4.69) is 0 Å². The zero-order chi connectivity index (χ0) is 24.3. The van der Waals surface area contributed by atoms with Crippen LogP contribution in [0.5, 0.6) is 28.7 Å². The largest absolute Gasteiger partial charge is 0.493 e. The lowest BCUT2D eigenvalue weighted by atomic mass is 10.0. The number of carbonyl (C=O) groups is 3. The van der Waals surface area contributed by atoms with Gasteiger partial charge >= 0.3 is 17.9 Å². The Balaban J connectivity index is 2.34. The topological polar surface area (TPSA) is 128 Å². The first-order chi connectivity index (χ1) is 15.7. The van der Waals surface area contributed by atoms with Gasteiger partial charge in [0.25, 0.3) is 0 Å². The number of rotatable bonds is 6. The summed E-state index contributed by atoms with van der Waals surface area (Å²) < 4.78 is 31.6. The molecule has 1 heterocycles. The van der Waals surface area contributed by atoms with Crippen LogP contribution < -0.4 is 29.1 Å². The van der Waals surface area contributed by atoms with Crippen molar-refractivity contribution in [3.63, 3.8) is 0 Å². The molecule has 0 saturated carbocycles. The van der Waals surface area contributed by atoms with Crippen molar-refractivity contribution in [2.75, 3.05) is 14.2 Å². The summed E-state index contributed by atoms with van der Waals surface area (Å²) in [5.41, 5.74) is -0.170. The fourth-order valence-electron chi connectivity index (χ4n) is 3.12. The van der Waals surface area contributed by atoms with Crippen molar-refractivity contribution in [3.8, 4) is 39.9 Å². The lowest BCUT2D eigenvalue weighted by molar-refractivity contribution is -0.134. The molecule has 3 aromatic rings. The Hall–Kier alpha value is -4.34. The summed E-state index contributed by atoms with van der Waals surface area (Å²) in [5.74, 6) is -2.23. The number of fused-ring (bicyclic) bond motifs is 1. The van der Waals surface area contributed by atoms with Gasteiger partial charge in [0, 0.05) is 26.8 Å². The summed E-state index contributed by atoms with van der Waals surface area (Å²) in [5, 5.41) is -0.149. The normalized spacial score (nSPS) is 10.5. The lowest BCUT2D eigenvalue weighted by Gasteiger charge is -2.15. The van der Waals surface area contributed by atoms with Crippen molar-refractivity contribution in [1.82, 2.24) is 0 Å². The molecule has 172 valence electrons. The maximum atomic E-state index is 13.5. The molecule has 0 spiro atoms. The molecule has 0 saturated heterocycles. The van der Waals surface area contributed by atoms with Crippen molar-refractivity contribution in [1.29, 1.82) is 0 Å². The Morgan fingerprint density at radius 3 is 1.94 bits per heavy atom. The smallest absolute Gasteiger partial charge is 0.308 e. The Bertz CT molecular complexity index is 1320. The maximum absolute atomic E-state index is 13.5. The first kappa shape index (κ1) is 23.3. The van der Waals surface area contributed by atoms with E-state index >= 15 is 0 Å². The summed E-state index contributed by atoms with van der Waals surface area (Å²) in [4.78, 5) is 48.4. The van der Waals surface area contributed by atoms with Gasteiger partial charge in [-0.2, -0.15) is 0 Å². The monoisotopic (exact) mass is 456 g/mol. The van der Waals surface area contributed by atoms with Crippen LogP contribution in [0.4, 0.5) is 0 Å². The number of carbonyl (C=O) groups excluding carboxylic acids is 3. The molecule has 0 bridgehead atoms. The van der Waals surface area contributed by atoms with E-state index in [0.717, 1.165) is 13.8 Å². The average molecular weight is 456 g/mol. The molecule has 10 heteroatoms. The Morgan fingerprint density at radius 1 is 0.758 bits per heavy atom. The molecule has 33 heavy (non-hydrogen) atoms. The summed E-state index contributed by atoms with van der Waals surface area (Å²) in [7, 11) is 2.72. The van der Waals surface area contributed by atoms with Crippen LogP contribution in [0.2, 0.25) is 0 Å². The van der Waals surface area contributed by atoms with Crippen LogP contribution in [-0.4, -0.2) is 32.1 Å². The molecule has 0 aliphatic heterocycles. The van der Waals surface area contributed by atoms with Gasteiger partial charge in [-0.05, 0) is 17.7 Å². The van der Waals surface area contributed by atoms with Crippen LogP contribution in [0.25, 0.3) is 22.1 Å².